The molecule has 3 rings (SSSR count). The molecule has 1 heterocycles. The number of pyridine rings is 1. The summed E-state index contributed by atoms with van der Waals surface area (Å²) < 4.78 is 19.0. The molecule has 1 aromatic heterocycles. The summed E-state index contributed by atoms with van der Waals surface area (Å²) in [6.07, 6.45) is 1.71. The number of nitrogens with two attached hydrogens (primary N) is 1. The van der Waals surface area contributed by atoms with Crippen LogP contribution in [0.1, 0.15) is 25.3 Å². The molecule has 0 bridgehead atoms. The van der Waals surface area contributed by atoms with Gasteiger partial charge in [-0.25, -0.2) is 9.37 Å². The molecule has 0 radical (unpaired) electrons. The number of ether oxygens (including phenoxy) is 1. The molecular weight excluding hydrogens is 351 g/mol. The van der Waals surface area contributed by atoms with Crippen molar-refractivity contribution in [2.24, 2.45) is 0 Å². The monoisotopic (exact) mass is 370 g/mol. The fourth-order valence-corrected chi connectivity index (χ4v) is 3.01. The van der Waals surface area contributed by atoms with Gasteiger partial charge in [-0.1, -0.05) is 37.6 Å². The summed E-state index contributed by atoms with van der Waals surface area (Å²) in [5, 5.41) is 0.0479. The fraction of sp³-hybridized carbons (Fsp3) is 0.190. The van der Waals surface area contributed by atoms with Crippen LogP contribution in [-0.2, 0) is 0 Å². The van der Waals surface area contributed by atoms with Crippen LogP contribution in [0, 0.1) is 5.82 Å². The summed E-state index contributed by atoms with van der Waals surface area (Å²) >= 11 is 5.92. The van der Waals surface area contributed by atoms with E-state index < -0.39 is 5.82 Å². The van der Waals surface area contributed by atoms with E-state index in [1.165, 1.54) is 11.6 Å². The lowest BCUT2D eigenvalue weighted by Crippen LogP contribution is -1.97. The molecule has 5 heteroatoms. The number of methoxy groups -OCH3 is 1. The predicted molar refractivity (Wildman–Crippen MR) is 105 cm³/mol. The van der Waals surface area contributed by atoms with E-state index in [9.17, 15) is 4.39 Å². The maximum atomic E-state index is 13.5. The van der Waals surface area contributed by atoms with Gasteiger partial charge in [0, 0.05) is 22.9 Å². The molecular formula is C21H20ClFN2O. The highest BCUT2D eigenvalue weighted by atomic mass is 35.5. The van der Waals surface area contributed by atoms with E-state index in [1.807, 2.05) is 12.1 Å². The van der Waals surface area contributed by atoms with Crippen molar-refractivity contribution in [1.82, 2.24) is 4.98 Å². The summed E-state index contributed by atoms with van der Waals surface area (Å²) in [5.74, 6) is 1.03. The van der Waals surface area contributed by atoms with Gasteiger partial charge in [-0.05, 0) is 47.4 Å². The molecule has 0 aliphatic carbocycles. The number of aromatic nitrogens is 1. The highest BCUT2D eigenvalue weighted by molar-refractivity contribution is 6.31. The molecule has 0 amide bonds. The van der Waals surface area contributed by atoms with E-state index in [1.54, 1.807) is 25.4 Å². The summed E-state index contributed by atoms with van der Waals surface area (Å²) in [5.41, 5.74) is 10.5. The molecule has 0 saturated heterocycles. The first-order chi connectivity index (χ1) is 12.4. The lowest BCUT2D eigenvalue weighted by Gasteiger charge is -2.14. The second-order valence-electron chi connectivity index (χ2n) is 6.40. The Hall–Kier alpha value is -2.59. The van der Waals surface area contributed by atoms with Gasteiger partial charge in [-0.15, -0.1) is 0 Å². The van der Waals surface area contributed by atoms with Gasteiger partial charge in [0.05, 0.1) is 12.1 Å². The number of halogens is 2. The third-order valence-electron chi connectivity index (χ3n) is 4.35. The molecule has 2 aromatic carbocycles. The normalized spacial score (nSPS) is 11.0. The summed E-state index contributed by atoms with van der Waals surface area (Å²) in [6, 6.07) is 12.5. The maximum Gasteiger partial charge on any atom is 0.141 e. The molecule has 0 fully saturated rings. The maximum absolute atomic E-state index is 13.5. The Balaban J connectivity index is 2.16. The van der Waals surface area contributed by atoms with E-state index in [-0.39, 0.29) is 5.02 Å². The Labute approximate surface area is 157 Å². The molecule has 26 heavy (non-hydrogen) atoms. The minimum atomic E-state index is -0.468. The molecule has 3 aromatic rings. The van der Waals surface area contributed by atoms with Crippen molar-refractivity contribution in [2.75, 3.05) is 12.8 Å². The van der Waals surface area contributed by atoms with Crippen LogP contribution in [0.25, 0.3) is 22.3 Å². The second-order valence-corrected chi connectivity index (χ2v) is 6.81. The zero-order chi connectivity index (χ0) is 18.8. The number of nitrogen functional groups attached to an aromatic ring is 1. The lowest BCUT2D eigenvalue weighted by molar-refractivity contribution is 0.416. The summed E-state index contributed by atoms with van der Waals surface area (Å²) in [7, 11) is 1.64. The number of nitrogens with zero attached hydrogens (tertiary/aromatic N) is 1. The minimum Gasteiger partial charge on any atom is -0.496 e. The van der Waals surface area contributed by atoms with Gasteiger partial charge in [0.2, 0.25) is 0 Å². The van der Waals surface area contributed by atoms with Crippen molar-refractivity contribution >= 4 is 17.4 Å². The molecule has 134 valence electrons. The first-order valence-corrected chi connectivity index (χ1v) is 8.67. The van der Waals surface area contributed by atoms with E-state index >= 15 is 0 Å². The van der Waals surface area contributed by atoms with Crippen LogP contribution < -0.4 is 10.5 Å². The van der Waals surface area contributed by atoms with E-state index in [2.05, 4.69) is 31.0 Å². The van der Waals surface area contributed by atoms with Crippen molar-refractivity contribution in [3.8, 4) is 28.0 Å². The van der Waals surface area contributed by atoms with Crippen LogP contribution in [0.3, 0.4) is 0 Å². The topological polar surface area (TPSA) is 48.1 Å². The fourth-order valence-electron chi connectivity index (χ4n) is 2.83. The van der Waals surface area contributed by atoms with Crippen molar-refractivity contribution in [3.05, 3.63) is 65.1 Å². The molecule has 0 unspecified atom stereocenters. The van der Waals surface area contributed by atoms with Gasteiger partial charge in [-0.2, -0.15) is 0 Å². The molecule has 0 saturated carbocycles. The van der Waals surface area contributed by atoms with Gasteiger partial charge in [-0.3, -0.25) is 0 Å². The zero-order valence-corrected chi connectivity index (χ0v) is 15.6. The van der Waals surface area contributed by atoms with E-state index in [0.717, 1.165) is 16.9 Å². The Bertz CT molecular complexity index is 957. The number of anilines is 1. The average Bonchev–Trinajstić information content (AvgIpc) is 2.64. The standard InChI is InChI=1S/C21H20ClFN2O/c1-12(2)13-5-7-20(26-3)16(8-13)15-9-17(21(24)25-11-15)14-4-6-19(23)18(22)10-14/h4-12H,1-3H3,(H2,24,25). The molecule has 2 N–H and O–H groups in total. The molecule has 0 spiro atoms. The van der Waals surface area contributed by atoms with Gasteiger partial charge in [0.15, 0.2) is 0 Å². The third-order valence-corrected chi connectivity index (χ3v) is 4.64. The van der Waals surface area contributed by atoms with E-state index in [4.69, 9.17) is 22.1 Å². The van der Waals surface area contributed by atoms with Gasteiger partial charge in [0.1, 0.15) is 17.4 Å². The van der Waals surface area contributed by atoms with Gasteiger partial charge >= 0.3 is 0 Å². The number of hydrogen-bond acceptors (Lipinski definition) is 3. The van der Waals surface area contributed by atoms with E-state index in [0.29, 0.717) is 22.9 Å². The van der Waals surface area contributed by atoms with Crippen LogP contribution in [0.4, 0.5) is 10.2 Å². The smallest absolute Gasteiger partial charge is 0.141 e. The van der Waals surface area contributed by atoms with Gasteiger partial charge < -0.3 is 10.5 Å². The minimum absolute atomic E-state index is 0.0479. The Morgan fingerprint density at radius 2 is 1.81 bits per heavy atom. The first kappa shape index (κ1) is 18.2. The molecule has 0 atom stereocenters. The second kappa shape index (κ2) is 7.34. The highest BCUT2D eigenvalue weighted by Crippen LogP contribution is 2.36. The van der Waals surface area contributed by atoms with Gasteiger partial charge in [0.25, 0.3) is 0 Å². The molecule has 0 aliphatic rings. The molecule has 3 nitrogen and oxygen atoms in total. The van der Waals surface area contributed by atoms with Crippen molar-refractivity contribution in [2.45, 2.75) is 19.8 Å². The average molecular weight is 371 g/mol. The van der Waals surface area contributed by atoms with Crippen LogP contribution in [0.5, 0.6) is 5.75 Å². The predicted octanol–water partition coefficient (Wildman–Crippen LogP) is 5.92. The number of benzene rings is 2. The van der Waals surface area contributed by atoms with Crippen molar-refractivity contribution in [3.63, 3.8) is 0 Å². The Kier molecular flexibility index (Phi) is 5.14. The Morgan fingerprint density at radius 3 is 2.46 bits per heavy atom. The highest BCUT2D eigenvalue weighted by Gasteiger charge is 2.13. The summed E-state index contributed by atoms with van der Waals surface area (Å²) in [4.78, 5) is 4.32. The SMILES string of the molecule is COc1ccc(C(C)C)cc1-c1cnc(N)c(-c2ccc(F)c(Cl)c2)c1. The molecule has 0 aliphatic heterocycles. The third kappa shape index (κ3) is 3.51. The zero-order valence-electron chi connectivity index (χ0n) is 14.9. The summed E-state index contributed by atoms with van der Waals surface area (Å²) in [6.45, 7) is 4.28. The van der Waals surface area contributed by atoms with Crippen LogP contribution in [0.2, 0.25) is 5.02 Å². The number of hydrogen-bond donors (Lipinski definition) is 1. The van der Waals surface area contributed by atoms with Crippen molar-refractivity contribution in [1.29, 1.82) is 0 Å². The van der Waals surface area contributed by atoms with Crippen LogP contribution in [0.15, 0.2) is 48.7 Å². The lowest BCUT2D eigenvalue weighted by atomic mass is 9.95. The largest absolute Gasteiger partial charge is 0.496 e. The van der Waals surface area contributed by atoms with Crippen LogP contribution in [-0.4, -0.2) is 12.1 Å². The first-order valence-electron chi connectivity index (χ1n) is 8.30. The number of rotatable bonds is 4. The Morgan fingerprint density at radius 1 is 1.04 bits per heavy atom. The van der Waals surface area contributed by atoms with Crippen LogP contribution >= 0.6 is 11.6 Å². The van der Waals surface area contributed by atoms with Crippen molar-refractivity contribution < 1.29 is 9.13 Å². The quantitative estimate of drug-likeness (QED) is 0.619.